The highest BCUT2D eigenvalue weighted by atomic mass is 32.2. The minimum atomic E-state index is -1.45. The number of hydrogen-bond acceptors (Lipinski definition) is 11. The van der Waals surface area contributed by atoms with Crippen molar-refractivity contribution in [3.63, 3.8) is 0 Å². The Kier molecular flexibility index (Phi) is 5.71. The fourth-order valence-corrected chi connectivity index (χ4v) is 6.69. The van der Waals surface area contributed by atoms with Gasteiger partial charge in [0.1, 0.15) is 17.1 Å². The Morgan fingerprint density at radius 1 is 1.38 bits per heavy atom. The van der Waals surface area contributed by atoms with Gasteiger partial charge in [0.2, 0.25) is 0 Å². The first-order chi connectivity index (χ1) is 16.4. The van der Waals surface area contributed by atoms with Crippen molar-refractivity contribution in [1.82, 2.24) is 15.2 Å². The molecule has 4 N–H and O–H groups in total. The summed E-state index contributed by atoms with van der Waals surface area (Å²) in [5.74, 6) is -2.52. The Labute approximate surface area is 204 Å². The first kappa shape index (κ1) is 22.3. The van der Waals surface area contributed by atoms with Crippen molar-refractivity contribution >= 4 is 73.3 Å². The largest absolute Gasteiger partial charge is 0.543 e. The maximum Gasteiger partial charge on any atom is 0.276 e. The number of nitrogen functional groups attached to an aromatic ring is 1. The molecule has 34 heavy (non-hydrogen) atoms. The van der Waals surface area contributed by atoms with Crippen LogP contribution in [0.2, 0.25) is 0 Å². The highest BCUT2D eigenvalue weighted by Crippen LogP contribution is 2.40. The van der Waals surface area contributed by atoms with Crippen molar-refractivity contribution in [2.45, 2.75) is 18.0 Å². The van der Waals surface area contributed by atoms with E-state index in [4.69, 9.17) is 5.73 Å². The van der Waals surface area contributed by atoms with E-state index < -0.39 is 34.9 Å². The van der Waals surface area contributed by atoms with Crippen LogP contribution in [0.3, 0.4) is 0 Å². The van der Waals surface area contributed by atoms with Crippen molar-refractivity contribution in [3.05, 3.63) is 52.1 Å². The fraction of sp³-hybridized carbons (Fsp3) is 0.200. The lowest BCUT2D eigenvalue weighted by atomic mass is 10.0. The lowest BCUT2D eigenvalue weighted by Crippen LogP contribution is -2.71. The molecular formula is C20H16N6O5S3. The van der Waals surface area contributed by atoms with Gasteiger partial charge in [-0.25, -0.2) is 4.98 Å². The minimum absolute atomic E-state index is 0.0693. The molecule has 2 aliphatic rings. The first-order valence-corrected chi connectivity index (χ1v) is 12.7. The zero-order valence-corrected chi connectivity index (χ0v) is 19.7. The van der Waals surface area contributed by atoms with Gasteiger partial charge in [0.05, 0.1) is 17.1 Å². The number of β-lactam (4-membered cyclic amide) rings is 1. The Balaban J connectivity index is 1.37. The quantitative estimate of drug-likeness (QED) is 0.130. The molecule has 1 unspecified atom stereocenters. The topological polar surface area (TPSA) is 165 Å². The summed E-state index contributed by atoms with van der Waals surface area (Å²) in [7, 11) is 0. The average Bonchev–Trinajstić information content (AvgIpc) is 3.47. The molecule has 0 spiro atoms. The van der Waals surface area contributed by atoms with Crippen molar-refractivity contribution in [2.75, 3.05) is 11.5 Å². The van der Waals surface area contributed by atoms with Crippen LogP contribution < -0.4 is 20.7 Å². The summed E-state index contributed by atoms with van der Waals surface area (Å²) in [5.41, 5.74) is 5.61. The van der Waals surface area contributed by atoms with E-state index in [2.05, 4.69) is 15.5 Å². The molecule has 11 nitrogen and oxygen atoms in total. The summed E-state index contributed by atoms with van der Waals surface area (Å²) in [5, 5.41) is 30.8. The molecule has 3 aromatic rings. The van der Waals surface area contributed by atoms with Gasteiger partial charge in [-0.05, 0) is 17.5 Å². The van der Waals surface area contributed by atoms with Gasteiger partial charge in [0.15, 0.2) is 23.6 Å². The van der Waals surface area contributed by atoms with Crippen LogP contribution in [0.5, 0.6) is 0 Å². The molecule has 0 aliphatic carbocycles. The predicted molar refractivity (Wildman–Crippen MR) is 124 cm³/mol. The van der Waals surface area contributed by atoms with Crippen molar-refractivity contribution in [2.24, 2.45) is 5.16 Å². The van der Waals surface area contributed by atoms with E-state index in [1.165, 1.54) is 28.5 Å². The molecule has 0 saturated carbocycles. The maximum absolute atomic E-state index is 12.9. The van der Waals surface area contributed by atoms with Crippen molar-refractivity contribution in [1.29, 1.82) is 0 Å². The maximum atomic E-state index is 12.9. The van der Waals surface area contributed by atoms with E-state index in [0.717, 1.165) is 26.5 Å². The summed E-state index contributed by atoms with van der Waals surface area (Å²) in [6.45, 7) is 0.286. The van der Waals surface area contributed by atoms with E-state index >= 15 is 0 Å². The van der Waals surface area contributed by atoms with E-state index in [1.807, 2.05) is 34.3 Å². The number of thioether (sulfide) groups is 1. The number of rotatable bonds is 6. The number of hydrogen-bond donors (Lipinski definition) is 3. The number of fused-ring (bicyclic) bond motifs is 2. The molecule has 1 fully saturated rings. The lowest BCUT2D eigenvalue weighted by Gasteiger charge is -2.50. The third-order valence-electron chi connectivity index (χ3n) is 5.44. The summed E-state index contributed by atoms with van der Waals surface area (Å²) in [4.78, 5) is 43.6. The zero-order valence-electron chi connectivity index (χ0n) is 17.2. The third-order valence-corrected chi connectivity index (χ3v) is 8.42. The van der Waals surface area contributed by atoms with Gasteiger partial charge in [0, 0.05) is 22.8 Å². The SMILES string of the molecule is Nc1nc(C(=NO)C(=O)NC2C(=O)N3C(C(=O)[O-])=C(C[n+]4cccc5ccsc54)CS[C@@H]23)cs1. The predicted octanol–water partition coefficient (Wildman–Crippen LogP) is -0.490. The molecule has 174 valence electrons. The molecule has 3 aromatic heterocycles. The number of carbonyl (C=O) groups is 3. The van der Waals surface area contributed by atoms with Crippen LogP contribution in [0, 0.1) is 0 Å². The molecule has 5 heterocycles. The molecule has 2 atom stereocenters. The monoisotopic (exact) mass is 516 g/mol. The van der Waals surface area contributed by atoms with Gasteiger partial charge >= 0.3 is 0 Å². The number of amides is 2. The number of nitrogens with two attached hydrogens (primary N) is 1. The average molecular weight is 517 g/mol. The van der Waals surface area contributed by atoms with Gasteiger partial charge < -0.3 is 26.2 Å². The molecule has 5 rings (SSSR count). The second kappa shape index (κ2) is 8.70. The summed E-state index contributed by atoms with van der Waals surface area (Å²) >= 11 is 3.94. The van der Waals surface area contributed by atoms with E-state index in [0.29, 0.717) is 11.3 Å². The number of carboxylic acids is 1. The van der Waals surface area contributed by atoms with Crippen molar-refractivity contribution in [3.8, 4) is 0 Å². The van der Waals surface area contributed by atoms with Crippen LogP contribution >= 0.6 is 34.4 Å². The highest BCUT2D eigenvalue weighted by molar-refractivity contribution is 8.00. The fourth-order valence-electron chi connectivity index (χ4n) is 3.93. The van der Waals surface area contributed by atoms with Crippen LogP contribution in [0.15, 0.2) is 51.6 Å². The molecular weight excluding hydrogens is 500 g/mol. The Morgan fingerprint density at radius 3 is 2.91 bits per heavy atom. The standard InChI is InChI=1S/C20H16N6O5S3/c21-20-22-11(8-34-20)12(24-31)15(27)23-13-16(28)26-14(19(29)30)10(7-33-18(13)26)6-25-4-1-2-9-3-5-32-17(9)25/h1-5,8,13,18H,6-7H2,(H4-,21,22,23,27,29,30,31)/t13?,18-/m0/s1. The first-order valence-electron chi connectivity index (χ1n) is 9.87. The lowest BCUT2D eigenvalue weighted by molar-refractivity contribution is -0.661. The Morgan fingerprint density at radius 2 is 2.21 bits per heavy atom. The van der Waals surface area contributed by atoms with Gasteiger partial charge in [0.25, 0.3) is 16.6 Å². The van der Waals surface area contributed by atoms with E-state index in [9.17, 15) is 24.7 Å². The molecule has 2 amide bonds. The number of aliphatic carboxylic acids is 1. The molecule has 14 heteroatoms. The van der Waals surface area contributed by atoms with Crippen LogP contribution in [-0.2, 0) is 20.9 Å². The van der Waals surface area contributed by atoms with Crippen LogP contribution in [0.1, 0.15) is 5.69 Å². The van der Waals surface area contributed by atoms with E-state index in [1.54, 1.807) is 0 Å². The van der Waals surface area contributed by atoms with E-state index in [-0.39, 0.29) is 23.1 Å². The normalized spacial score (nSPS) is 20.3. The van der Waals surface area contributed by atoms with Crippen LogP contribution in [0.25, 0.3) is 10.2 Å². The van der Waals surface area contributed by atoms with Gasteiger partial charge in [-0.3, -0.25) is 14.5 Å². The van der Waals surface area contributed by atoms with Crippen LogP contribution in [0.4, 0.5) is 5.13 Å². The number of carbonyl (C=O) groups excluding carboxylic acids is 3. The number of nitrogens with zero attached hydrogens (tertiary/aromatic N) is 4. The van der Waals surface area contributed by atoms with Gasteiger partial charge in [-0.15, -0.1) is 23.1 Å². The number of pyridine rings is 1. The number of oxime groups is 1. The Bertz CT molecular complexity index is 1400. The zero-order chi connectivity index (χ0) is 24.0. The van der Waals surface area contributed by atoms with Crippen LogP contribution in [-0.4, -0.2) is 55.8 Å². The Hall–Kier alpha value is -3.49. The molecule has 1 saturated heterocycles. The molecule has 0 bridgehead atoms. The summed E-state index contributed by atoms with van der Waals surface area (Å²) < 4.78 is 1.94. The number of anilines is 1. The third kappa shape index (κ3) is 3.69. The number of aromatic nitrogens is 2. The molecule has 0 radical (unpaired) electrons. The highest BCUT2D eigenvalue weighted by Gasteiger charge is 2.53. The number of nitrogens with one attached hydrogen (secondary N) is 1. The minimum Gasteiger partial charge on any atom is -0.543 e. The van der Waals surface area contributed by atoms with Gasteiger partial charge in [-0.1, -0.05) is 16.5 Å². The smallest absolute Gasteiger partial charge is 0.276 e. The number of carboxylic acid groups (broad SMARTS) is 1. The van der Waals surface area contributed by atoms with Crippen molar-refractivity contribution < 1.29 is 29.3 Å². The summed E-state index contributed by atoms with van der Waals surface area (Å²) in [6.07, 6.45) is 1.86. The molecule has 2 aliphatic heterocycles. The number of thiophene rings is 1. The summed E-state index contributed by atoms with van der Waals surface area (Å²) in [6, 6.07) is 4.84. The van der Waals surface area contributed by atoms with Gasteiger partial charge in [-0.2, -0.15) is 4.57 Å². The second-order valence-corrected chi connectivity index (χ2v) is 10.3. The number of thiazole rings is 1. The second-order valence-electron chi connectivity index (χ2n) is 7.44. The molecule has 0 aromatic carbocycles.